The lowest BCUT2D eigenvalue weighted by atomic mass is 9.64. The largest absolute Gasteiger partial charge is 0.299 e. The number of carbonyl (C=O) groups excluding carboxylic acids is 1. The van der Waals surface area contributed by atoms with Gasteiger partial charge in [0.15, 0.2) is 0 Å². The van der Waals surface area contributed by atoms with Gasteiger partial charge in [-0.05, 0) is 37.0 Å². The molecule has 4 rings (SSSR count). The minimum absolute atomic E-state index is 0.0149. The Hall–Kier alpha value is 0.630. The Bertz CT molecular complexity index is 418. The van der Waals surface area contributed by atoms with E-state index in [-0.39, 0.29) is 8.65 Å². The predicted molar refractivity (Wildman–Crippen MR) is 69.6 cm³/mol. The van der Waals surface area contributed by atoms with E-state index in [9.17, 15) is 4.79 Å². The van der Waals surface area contributed by atoms with Crippen LogP contribution in [0.15, 0.2) is 0 Å². The Morgan fingerprint density at radius 3 is 2.62 bits per heavy atom. The van der Waals surface area contributed by atoms with E-state index in [1.807, 2.05) is 0 Å². The number of hydrogen-bond donors (Lipinski definition) is 0. The van der Waals surface area contributed by atoms with Crippen molar-refractivity contribution in [3.8, 4) is 0 Å². The normalized spacial score (nSPS) is 64.6. The van der Waals surface area contributed by atoms with Crippen LogP contribution in [0.4, 0.5) is 0 Å². The molecule has 0 saturated heterocycles. The van der Waals surface area contributed by atoms with Crippen molar-refractivity contribution in [3.05, 3.63) is 0 Å². The molecule has 3 heteroatoms. The van der Waals surface area contributed by atoms with E-state index >= 15 is 0 Å². The second-order valence-corrected chi connectivity index (χ2v) is 10.3. The molecule has 4 aliphatic rings. The number of halogens is 2. The quantitative estimate of drug-likeness (QED) is 0.610. The van der Waals surface area contributed by atoms with Crippen LogP contribution in [0.3, 0.4) is 0 Å². The van der Waals surface area contributed by atoms with E-state index < -0.39 is 0 Å². The molecule has 0 aromatic heterocycles. The van der Waals surface area contributed by atoms with Crippen LogP contribution in [0.1, 0.15) is 33.1 Å². The summed E-state index contributed by atoms with van der Waals surface area (Å²) in [5.74, 6) is 2.93. The highest BCUT2D eigenvalue weighted by Crippen LogP contribution is 2.86. The summed E-state index contributed by atoms with van der Waals surface area (Å²) in [6.45, 7) is 4.62. The number of Topliss-reactive ketones (excluding diaryl/α,β-unsaturated/α-hetero) is 1. The first-order chi connectivity index (χ1) is 7.35. The number of hydrogen-bond acceptors (Lipinski definition) is 1. The Kier molecular flexibility index (Phi) is 1.64. The third-order valence-electron chi connectivity index (χ3n) is 6.49. The Balaban J connectivity index is 1.90. The topological polar surface area (TPSA) is 17.1 Å². The lowest BCUT2D eigenvalue weighted by Gasteiger charge is -2.38. The van der Waals surface area contributed by atoms with Gasteiger partial charge in [0.2, 0.25) is 0 Å². The highest BCUT2D eigenvalue weighted by atomic mass is 79.9. The van der Waals surface area contributed by atoms with Gasteiger partial charge < -0.3 is 0 Å². The predicted octanol–water partition coefficient (Wildman–Crippen LogP) is 3.74. The molecule has 0 N–H and O–H groups in total. The van der Waals surface area contributed by atoms with Gasteiger partial charge in [0.25, 0.3) is 0 Å². The molecule has 0 heterocycles. The second kappa shape index (κ2) is 2.49. The van der Waals surface area contributed by atoms with Crippen molar-refractivity contribution in [3.63, 3.8) is 0 Å². The van der Waals surface area contributed by atoms with Gasteiger partial charge in [-0.15, -0.1) is 0 Å². The van der Waals surface area contributed by atoms with Gasteiger partial charge in [-0.2, -0.15) is 0 Å². The molecule has 6 atom stereocenters. The Morgan fingerprint density at radius 2 is 1.94 bits per heavy atom. The summed E-state index contributed by atoms with van der Waals surface area (Å²) in [7, 11) is 0. The maximum absolute atomic E-state index is 12.5. The fourth-order valence-corrected chi connectivity index (χ4v) is 7.69. The number of fused-ring (bicyclic) bond motifs is 1. The van der Waals surface area contributed by atoms with Crippen molar-refractivity contribution in [1.82, 2.24) is 0 Å². The number of rotatable bonds is 0. The molecular weight excluding hydrogens is 332 g/mol. The van der Waals surface area contributed by atoms with Crippen LogP contribution in [0.5, 0.6) is 0 Å². The van der Waals surface area contributed by atoms with Gasteiger partial charge >= 0.3 is 0 Å². The number of carbonyl (C=O) groups is 1. The van der Waals surface area contributed by atoms with Gasteiger partial charge in [-0.3, -0.25) is 4.79 Å². The van der Waals surface area contributed by atoms with E-state index in [0.717, 1.165) is 12.8 Å². The molecule has 0 aromatic carbocycles. The molecule has 4 saturated carbocycles. The molecule has 4 fully saturated rings. The Labute approximate surface area is 113 Å². The van der Waals surface area contributed by atoms with Crippen molar-refractivity contribution >= 4 is 37.6 Å². The number of alkyl halides is 2. The Morgan fingerprint density at radius 1 is 1.25 bits per heavy atom. The third-order valence-corrected chi connectivity index (χ3v) is 9.30. The standard InChI is InChI=1S/C13H16Br2O/c1-11-5-8-12(2,13(8,14)15)9-6(10(11)16)3-4-7(9)11/h6-9H,3-5H2,1-2H3/t6?,7?,8?,9?,11?,12-/m0/s1. The van der Waals surface area contributed by atoms with E-state index in [1.54, 1.807) is 0 Å². The average Bonchev–Trinajstić information content (AvgIpc) is 2.59. The van der Waals surface area contributed by atoms with E-state index in [4.69, 9.17) is 0 Å². The molecular formula is C13H16Br2O. The van der Waals surface area contributed by atoms with E-state index in [2.05, 4.69) is 45.7 Å². The van der Waals surface area contributed by atoms with Gasteiger partial charge in [0.1, 0.15) is 5.78 Å². The van der Waals surface area contributed by atoms with Gasteiger partial charge in [-0.25, -0.2) is 0 Å². The van der Waals surface area contributed by atoms with Gasteiger partial charge in [-0.1, -0.05) is 45.7 Å². The summed E-state index contributed by atoms with van der Waals surface area (Å²) in [5.41, 5.74) is 0.339. The van der Waals surface area contributed by atoms with E-state index in [1.165, 1.54) is 6.42 Å². The van der Waals surface area contributed by atoms with Crippen LogP contribution < -0.4 is 0 Å². The first kappa shape index (κ1) is 10.5. The molecule has 0 spiro atoms. The van der Waals surface area contributed by atoms with Crippen LogP contribution in [0.2, 0.25) is 0 Å². The fraction of sp³-hybridized carbons (Fsp3) is 0.923. The van der Waals surface area contributed by atoms with E-state index in [0.29, 0.717) is 34.9 Å². The summed E-state index contributed by atoms with van der Waals surface area (Å²) < 4.78 is 0.122. The number of ketones is 1. The average molecular weight is 348 g/mol. The van der Waals surface area contributed by atoms with Crippen molar-refractivity contribution in [2.45, 2.75) is 36.3 Å². The van der Waals surface area contributed by atoms with Crippen LogP contribution in [0.25, 0.3) is 0 Å². The minimum atomic E-state index is 0.0149. The zero-order valence-electron chi connectivity index (χ0n) is 9.59. The summed E-state index contributed by atoms with van der Waals surface area (Å²) in [5, 5.41) is 0. The summed E-state index contributed by atoms with van der Waals surface area (Å²) >= 11 is 7.74. The monoisotopic (exact) mass is 346 g/mol. The molecule has 4 bridgehead atoms. The molecule has 5 unspecified atom stereocenters. The summed E-state index contributed by atoms with van der Waals surface area (Å²) in [4.78, 5) is 12.5. The first-order valence-electron chi connectivity index (χ1n) is 6.27. The van der Waals surface area contributed by atoms with Crippen molar-refractivity contribution in [2.75, 3.05) is 0 Å². The minimum Gasteiger partial charge on any atom is -0.299 e. The molecule has 16 heavy (non-hydrogen) atoms. The van der Waals surface area contributed by atoms with Gasteiger partial charge in [0, 0.05) is 16.7 Å². The SMILES string of the molecule is CC12CC3C(Br)(Br)[C@]3(C)C3C(CCC31)C2=O. The molecule has 0 aromatic rings. The molecule has 1 nitrogen and oxygen atoms in total. The lowest BCUT2D eigenvalue weighted by molar-refractivity contribution is -0.131. The van der Waals surface area contributed by atoms with Crippen LogP contribution in [-0.2, 0) is 4.79 Å². The van der Waals surface area contributed by atoms with Crippen molar-refractivity contribution in [2.24, 2.45) is 34.5 Å². The van der Waals surface area contributed by atoms with Crippen molar-refractivity contribution in [1.29, 1.82) is 0 Å². The van der Waals surface area contributed by atoms with Crippen LogP contribution in [0, 0.1) is 34.5 Å². The molecule has 4 aliphatic carbocycles. The van der Waals surface area contributed by atoms with Crippen LogP contribution in [-0.4, -0.2) is 9.02 Å². The molecule has 0 amide bonds. The smallest absolute Gasteiger partial charge is 0.142 e. The molecule has 88 valence electrons. The maximum atomic E-state index is 12.5. The highest BCUT2D eigenvalue weighted by molar-refractivity contribution is 9.25. The zero-order chi connectivity index (χ0) is 11.5. The molecule has 0 radical (unpaired) electrons. The summed E-state index contributed by atoms with van der Waals surface area (Å²) in [6.07, 6.45) is 3.54. The lowest BCUT2D eigenvalue weighted by Crippen LogP contribution is -2.37. The third kappa shape index (κ3) is 0.764. The highest BCUT2D eigenvalue weighted by Gasteiger charge is 2.85. The maximum Gasteiger partial charge on any atom is 0.142 e. The van der Waals surface area contributed by atoms with Crippen LogP contribution >= 0.6 is 31.9 Å². The molecule has 0 aliphatic heterocycles. The first-order valence-corrected chi connectivity index (χ1v) is 7.86. The zero-order valence-corrected chi connectivity index (χ0v) is 12.8. The van der Waals surface area contributed by atoms with Gasteiger partial charge in [0.05, 0.1) is 3.23 Å². The summed E-state index contributed by atoms with van der Waals surface area (Å²) in [6, 6.07) is 0. The second-order valence-electron chi connectivity index (χ2n) is 6.76. The van der Waals surface area contributed by atoms with Crippen molar-refractivity contribution < 1.29 is 4.79 Å². The fourth-order valence-electron chi connectivity index (χ4n) is 5.56.